The third-order valence-electron chi connectivity index (χ3n) is 1.55. The lowest BCUT2D eigenvalue weighted by Crippen LogP contribution is -1.75. The molecule has 0 bridgehead atoms. The number of hydrogen-bond donors (Lipinski definition) is 0. The first-order valence-electron chi connectivity index (χ1n) is 3.57. The van der Waals surface area contributed by atoms with Crippen LogP contribution in [0.2, 0.25) is 0 Å². The van der Waals surface area contributed by atoms with Crippen LogP contribution < -0.4 is 0 Å². The highest BCUT2D eigenvalue weighted by atomic mass is 31.1. The van der Waals surface area contributed by atoms with Gasteiger partial charge in [0.1, 0.15) is 0 Å². The van der Waals surface area contributed by atoms with E-state index in [0.717, 1.165) is 5.41 Å². The number of rotatable bonds is 2. The Bertz CT molecular complexity index is 122. The first-order chi connectivity index (χ1) is 5.02. The van der Waals surface area contributed by atoms with Crippen LogP contribution in [0.15, 0.2) is 0 Å². The van der Waals surface area contributed by atoms with E-state index in [2.05, 4.69) is 22.9 Å². The second-order valence-corrected chi connectivity index (χ2v) is 4.43. The molecule has 1 rings (SSSR count). The van der Waals surface area contributed by atoms with Gasteiger partial charge in [0, 0.05) is 4.57 Å². The Kier molecular flexibility index (Phi) is 4.82. The Morgan fingerprint density at radius 2 is 1.45 bits per heavy atom. The molecule has 11 heavy (non-hydrogen) atoms. The van der Waals surface area contributed by atoms with Crippen molar-refractivity contribution in [3.05, 3.63) is 0 Å². The smallest absolute Gasteiger partial charge is 0.122 e. The van der Waals surface area contributed by atoms with Crippen LogP contribution in [0.5, 0.6) is 0 Å². The van der Waals surface area contributed by atoms with Gasteiger partial charge in [0.05, 0.1) is 14.2 Å². The fourth-order valence-corrected chi connectivity index (χ4v) is 0.474. The van der Waals surface area contributed by atoms with Crippen molar-refractivity contribution in [1.82, 2.24) is 0 Å². The predicted octanol–water partition coefficient (Wildman–Crippen LogP) is 2.74. The molecule has 0 aliphatic heterocycles. The molecule has 1 aliphatic rings. The van der Waals surface area contributed by atoms with Gasteiger partial charge in [0.25, 0.3) is 0 Å². The molecule has 0 radical (unpaired) electrons. The van der Waals surface area contributed by atoms with E-state index < -0.39 is 8.25 Å². The van der Waals surface area contributed by atoms with Crippen LogP contribution in [0.25, 0.3) is 0 Å². The highest BCUT2D eigenvalue weighted by Crippen LogP contribution is 2.43. The molecule has 0 aromatic rings. The molecule has 0 spiro atoms. The summed E-state index contributed by atoms with van der Waals surface area (Å²) in [6.45, 7) is 4.60. The Morgan fingerprint density at radius 3 is 1.45 bits per heavy atom. The van der Waals surface area contributed by atoms with E-state index in [0.29, 0.717) is 0 Å². The molecule has 0 unspecified atom stereocenters. The Labute approximate surface area is 69.0 Å². The van der Waals surface area contributed by atoms with Gasteiger partial charge in [0.15, 0.2) is 0 Å². The van der Waals surface area contributed by atoms with E-state index in [4.69, 9.17) is 0 Å². The predicted molar refractivity (Wildman–Crippen MR) is 44.6 cm³/mol. The minimum Gasteiger partial charge on any atom is -0.122 e. The van der Waals surface area contributed by atoms with Crippen molar-refractivity contribution in [2.24, 2.45) is 5.41 Å². The van der Waals surface area contributed by atoms with Gasteiger partial charge in [-0.3, -0.25) is 0 Å². The molecule has 0 amide bonds. The monoisotopic (exact) mass is 179 g/mol. The summed E-state index contributed by atoms with van der Waals surface area (Å²) >= 11 is 0. The minimum atomic E-state index is -1.83. The van der Waals surface area contributed by atoms with Crippen molar-refractivity contribution in [2.45, 2.75) is 26.7 Å². The molecule has 0 atom stereocenters. The normalized spacial score (nSPS) is 18.2. The average Bonchev–Trinajstić information content (AvgIpc) is 2.65. The molecular formula is C7H16O3P+. The highest BCUT2D eigenvalue weighted by Gasteiger charge is 2.30. The molecule has 3 nitrogen and oxygen atoms in total. The van der Waals surface area contributed by atoms with Crippen LogP contribution in [0, 0.1) is 5.41 Å². The molecule has 1 fully saturated rings. The zero-order chi connectivity index (χ0) is 8.91. The van der Waals surface area contributed by atoms with Crippen LogP contribution in [0.4, 0.5) is 0 Å². The van der Waals surface area contributed by atoms with E-state index >= 15 is 0 Å². The molecule has 0 heterocycles. The number of hydrogen-bond acceptors (Lipinski definition) is 3. The van der Waals surface area contributed by atoms with Gasteiger partial charge in [-0.15, -0.1) is 9.05 Å². The molecule has 66 valence electrons. The van der Waals surface area contributed by atoms with Gasteiger partial charge in [0.2, 0.25) is 0 Å². The maximum Gasteiger partial charge on any atom is 0.696 e. The topological polar surface area (TPSA) is 35.5 Å². The van der Waals surface area contributed by atoms with E-state index in [9.17, 15) is 4.57 Å². The second-order valence-electron chi connectivity index (χ2n) is 3.25. The third kappa shape index (κ3) is 7.92. The zero-order valence-electron chi connectivity index (χ0n) is 7.59. The minimum absolute atomic E-state index is 0.750. The molecule has 0 saturated heterocycles. The first-order valence-corrected chi connectivity index (χ1v) is 4.67. The fraction of sp³-hybridized carbons (Fsp3) is 1.00. The molecule has 1 aliphatic carbocycles. The van der Waals surface area contributed by atoms with E-state index in [1.54, 1.807) is 0 Å². The lowest BCUT2D eigenvalue weighted by atomic mass is 10.2. The summed E-state index contributed by atoms with van der Waals surface area (Å²) in [6, 6.07) is 0. The van der Waals surface area contributed by atoms with Crippen molar-refractivity contribution in [2.75, 3.05) is 14.2 Å². The summed E-state index contributed by atoms with van der Waals surface area (Å²) in [5, 5.41) is 0. The van der Waals surface area contributed by atoms with Crippen molar-refractivity contribution < 1.29 is 13.6 Å². The van der Waals surface area contributed by atoms with Crippen LogP contribution in [0.3, 0.4) is 0 Å². The third-order valence-corrected chi connectivity index (χ3v) is 2.14. The van der Waals surface area contributed by atoms with Crippen LogP contribution in [0.1, 0.15) is 26.7 Å². The fourth-order valence-electron chi connectivity index (χ4n) is 0.325. The molecule has 4 heteroatoms. The molecule has 0 aromatic carbocycles. The van der Waals surface area contributed by atoms with Gasteiger partial charge >= 0.3 is 8.25 Å². The summed E-state index contributed by atoms with van der Waals surface area (Å²) in [5.41, 5.74) is 0.750. The van der Waals surface area contributed by atoms with Gasteiger partial charge in [-0.2, -0.15) is 0 Å². The van der Waals surface area contributed by atoms with Gasteiger partial charge in [-0.05, 0) is 18.3 Å². The summed E-state index contributed by atoms with van der Waals surface area (Å²) in [5.74, 6) is 0. The first kappa shape index (κ1) is 11.0. The van der Waals surface area contributed by atoms with E-state index in [-0.39, 0.29) is 0 Å². The lowest BCUT2D eigenvalue weighted by Gasteiger charge is -1.86. The largest absolute Gasteiger partial charge is 0.696 e. The van der Waals surface area contributed by atoms with E-state index in [1.807, 2.05) is 0 Å². The van der Waals surface area contributed by atoms with Crippen molar-refractivity contribution in [1.29, 1.82) is 0 Å². The standard InChI is InChI=1S/C5H10.C2H6O3P/c1-5(2)3-4-5;1-4-6(3)5-2/h3-4H2,1-2H3;1-2H3/q;+1. The maximum absolute atomic E-state index is 9.88. The van der Waals surface area contributed by atoms with Crippen LogP contribution >= 0.6 is 8.25 Å². The highest BCUT2D eigenvalue weighted by molar-refractivity contribution is 7.33. The van der Waals surface area contributed by atoms with Crippen molar-refractivity contribution in [3.8, 4) is 0 Å². The molecular weight excluding hydrogens is 163 g/mol. The Morgan fingerprint density at radius 1 is 1.18 bits per heavy atom. The lowest BCUT2D eigenvalue weighted by molar-refractivity contribution is 0.302. The van der Waals surface area contributed by atoms with Crippen LogP contribution in [-0.4, -0.2) is 14.2 Å². The molecule has 1 saturated carbocycles. The summed E-state index contributed by atoms with van der Waals surface area (Å²) < 4.78 is 18.3. The van der Waals surface area contributed by atoms with Gasteiger partial charge in [-0.25, -0.2) is 0 Å². The quantitative estimate of drug-likeness (QED) is 0.611. The Hall–Kier alpha value is 0.0200. The summed E-state index contributed by atoms with van der Waals surface area (Å²) in [7, 11) is 0.817. The molecule has 0 N–H and O–H groups in total. The summed E-state index contributed by atoms with van der Waals surface area (Å²) in [6.07, 6.45) is 2.90. The van der Waals surface area contributed by atoms with E-state index in [1.165, 1.54) is 27.1 Å². The maximum atomic E-state index is 9.88. The SMILES string of the molecule is CC1(C)CC1.CO[P+](=O)OC. The van der Waals surface area contributed by atoms with Gasteiger partial charge in [-0.1, -0.05) is 13.8 Å². The van der Waals surface area contributed by atoms with Crippen molar-refractivity contribution >= 4 is 8.25 Å². The van der Waals surface area contributed by atoms with Crippen molar-refractivity contribution in [3.63, 3.8) is 0 Å². The zero-order valence-corrected chi connectivity index (χ0v) is 8.48. The Balaban J connectivity index is 0.000000183. The second kappa shape index (κ2) is 4.81. The molecule has 0 aromatic heterocycles. The van der Waals surface area contributed by atoms with Gasteiger partial charge < -0.3 is 0 Å². The van der Waals surface area contributed by atoms with Crippen LogP contribution in [-0.2, 0) is 13.6 Å². The summed E-state index contributed by atoms with van der Waals surface area (Å²) in [4.78, 5) is 0. The average molecular weight is 179 g/mol.